The molecule has 0 aromatic rings. The smallest absolute Gasteiger partial charge is 0.206 e. The monoisotopic (exact) mass is 284 g/mol. The van der Waals surface area contributed by atoms with Gasteiger partial charge in [-0.05, 0) is 6.42 Å². The third-order valence-corrected chi connectivity index (χ3v) is 3.41. The van der Waals surface area contributed by atoms with E-state index in [9.17, 15) is 8.78 Å². The summed E-state index contributed by atoms with van der Waals surface area (Å²) in [4.78, 5) is 0. The molecule has 0 atom stereocenters. The lowest BCUT2D eigenvalue weighted by Gasteiger charge is -2.12. The first-order chi connectivity index (χ1) is 7.12. The zero-order valence-corrected chi connectivity index (χ0v) is 11.3. The van der Waals surface area contributed by atoms with Crippen LogP contribution >= 0.6 is 15.9 Å². The lowest BCUT2D eigenvalue weighted by molar-refractivity contribution is 0.0170. The van der Waals surface area contributed by atoms with Crippen LogP contribution in [0.4, 0.5) is 8.78 Å². The Labute approximate surface area is 101 Å². The van der Waals surface area contributed by atoms with Crippen molar-refractivity contribution in [1.82, 2.24) is 0 Å². The highest BCUT2D eigenvalue weighted by molar-refractivity contribution is 9.09. The first-order valence-corrected chi connectivity index (χ1v) is 7.18. The molecule has 0 saturated heterocycles. The van der Waals surface area contributed by atoms with Gasteiger partial charge in [0.05, 0.1) is 5.33 Å². The van der Waals surface area contributed by atoms with Crippen LogP contribution in [-0.4, -0.2) is 11.3 Å². The minimum Gasteiger partial charge on any atom is -0.206 e. The highest BCUT2D eigenvalue weighted by Gasteiger charge is 2.25. The summed E-state index contributed by atoms with van der Waals surface area (Å²) in [5, 5.41) is -0.198. The molecule has 0 aliphatic rings. The van der Waals surface area contributed by atoms with Crippen LogP contribution in [0.2, 0.25) is 0 Å². The van der Waals surface area contributed by atoms with Crippen LogP contribution < -0.4 is 0 Å². The Morgan fingerprint density at radius 1 is 0.867 bits per heavy atom. The Hall–Kier alpha value is 0.340. The molecule has 0 aliphatic carbocycles. The van der Waals surface area contributed by atoms with Crippen molar-refractivity contribution in [3.05, 3.63) is 0 Å². The molecule has 15 heavy (non-hydrogen) atoms. The summed E-state index contributed by atoms with van der Waals surface area (Å²) in [7, 11) is 0. The van der Waals surface area contributed by atoms with Crippen molar-refractivity contribution < 1.29 is 8.78 Å². The predicted octanol–water partition coefficient (Wildman–Crippen LogP) is 5.55. The highest BCUT2D eigenvalue weighted by atomic mass is 79.9. The number of alkyl halides is 3. The first-order valence-electron chi connectivity index (χ1n) is 6.06. The van der Waals surface area contributed by atoms with Crippen LogP contribution in [0.1, 0.15) is 64.7 Å². The van der Waals surface area contributed by atoms with E-state index in [0.29, 0.717) is 6.42 Å². The number of hydrogen-bond donors (Lipinski definition) is 0. The van der Waals surface area contributed by atoms with Crippen LogP contribution in [0.5, 0.6) is 0 Å². The van der Waals surface area contributed by atoms with Crippen molar-refractivity contribution in [2.75, 3.05) is 5.33 Å². The van der Waals surface area contributed by atoms with Gasteiger partial charge in [-0.15, -0.1) is 0 Å². The zero-order valence-electron chi connectivity index (χ0n) is 9.70. The topological polar surface area (TPSA) is 0 Å². The van der Waals surface area contributed by atoms with E-state index in [1.807, 2.05) is 0 Å². The van der Waals surface area contributed by atoms with Gasteiger partial charge in [0.15, 0.2) is 0 Å². The maximum absolute atomic E-state index is 12.8. The van der Waals surface area contributed by atoms with Crippen LogP contribution in [0.3, 0.4) is 0 Å². The third kappa shape index (κ3) is 10.6. The quantitative estimate of drug-likeness (QED) is 0.365. The molecule has 0 heterocycles. The molecule has 3 heteroatoms. The standard InChI is InChI=1S/C12H23BrF2/c1-2-3-4-5-6-7-8-9-10-12(14,15)11-13/h2-11H2,1H3. The van der Waals surface area contributed by atoms with Gasteiger partial charge in [-0.3, -0.25) is 0 Å². The fourth-order valence-electron chi connectivity index (χ4n) is 1.58. The van der Waals surface area contributed by atoms with Crippen molar-refractivity contribution in [3.63, 3.8) is 0 Å². The van der Waals surface area contributed by atoms with Crippen molar-refractivity contribution >= 4 is 15.9 Å². The van der Waals surface area contributed by atoms with E-state index >= 15 is 0 Å². The Morgan fingerprint density at radius 2 is 1.33 bits per heavy atom. The van der Waals surface area contributed by atoms with Crippen molar-refractivity contribution in [2.24, 2.45) is 0 Å². The van der Waals surface area contributed by atoms with Gasteiger partial charge in [-0.2, -0.15) is 0 Å². The van der Waals surface area contributed by atoms with Gasteiger partial charge in [0.25, 0.3) is 5.92 Å². The average molecular weight is 285 g/mol. The Kier molecular flexibility index (Phi) is 9.77. The van der Waals surface area contributed by atoms with Gasteiger partial charge in [0.1, 0.15) is 0 Å². The average Bonchev–Trinajstić information content (AvgIpc) is 2.22. The molecule has 0 radical (unpaired) electrons. The second kappa shape index (κ2) is 9.56. The first kappa shape index (κ1) is 15.3. The number of unbranched alkanes of at least 4 members (excludes halogenated alkanes) is 7. The molecule has 0 rings (SSSR count). The molecular weight excluding hydrogens is 262 g/mol. The summed E-state index contributed by atoms with van der Waals surface area (Å²) in [6.07, 6.45) is 9.10. The van der Waals surface area contributed by atoms with Crippen molar-refractivity contribution in [1.29, 1.82) is 0 Å². The summed E-state index contributed by atoms with van der Waals surface area (Å²) in [6, 6.07) is 0. The third-order valence-electron chi connectivity index (χ3n) is 2.59. The van der Waals surface area contributed by atoms with E-state index in [2.05, 4.69) is 22.9 Å². The SMILES string of the molecule is CCCCCCCCCCC(F)(F)CBr. The zero-order chi connectivity index (χ0) is 11.6. The maximum Gasteiger partial charge on any atom is 0.257 e. The molecule has 0 aromatic heterocycles. The molecule has 0 aliphatic heterocycles. The maximum atomic E-state index is 12.8. The summed E-state index contributed by atoms with van der Waals surface area (Å²) >= 11 is 2.83. The molecule has 0 N–H and O–H groups in total. The fourth-order valence-corrected chi connectivity index (χ4v) is 1.86. The summed E-state index contributed by atoms with van der Waals surface area (Å²) < 4.78 is 25.6. The second-order valence-electron chi connectivity index (χ2n) is 4.21. The van der Waals surface area contributed by atoms with E-state index in [0.717, 1.165) is 12.8 Å². The van der Waals surface area contributed by atoms with Gasteiger partial charge < -0.3 is 0 Å². The normalized spacial score (nSPS) is 12.0. The van der Waals surface area contributed by atoms with Crippen molar-refractivity contribution in [2.45, 2.75) is 70.6 Å². The van der Waals surface area contributed by atoms with E-state index in [-0.39, 0.29) is 11.8 Å². The molecule has 0 bridgehead atoms. The van der Waals surface area contributed by atoms with Gasteiger partial charge in [-0.25, -0.2) is 8.78 Å². The summed E-state index contributed by atoms with van der Waals surface area (Å²) in [5.74, 6) is -2.50. The number of halogens is 3. The molecule has 92 valence electrons. The lowest BCUT2D eigenvalue weighted by Crippen LogP contribution is -2.17. The molecule has 0 saturated carbocycles. The summed E-state index contributed by atoms with van der Waals surface area (Å²) in [6.45, 7) is 2.20. The molecule has 0 amide bonds. The Balaban J connectivity index is 3.11. The summed E-state index contributed by atoms with van der Waals surface area (Å²) in [5.41, 5.74) is 0. The van der Waals surface area contributed by atoms with Crippen LogP contribution in [-0.2, 0) is 0 Å². The van der Waals surface area contributed by atoms with Gasteiger partial charge in [0, 0.05) is 6.42 Å². The van der Waals surface area contributed by atoms with Crippen LogP contribution in [0.25, 0.3) is 0 Å². The predicted molar refractivity (Wildman–Crippen MR) is 66.0 cm³/mol. The van der Waals surface area contributed by atoms with Gasteiger partial charge in [0.2, 0.25) is 0 Å². The lowest BCUT2D eigenvalue weighted by atomic mass is 10.1. The number of rotatable bonds is 10. The molecule has 0 unspecified atom stereocenters. The van der Waals surface area contributed by atoms with Crippen LogP contribution in [0, 0.1) is 0 Å². The minimum atomic E-state index is -2.50. The molecule has 0 nitrogen and oxygen atoms in total. The van der Waals surface area contributed by atoms with E-state index in [1.54, 1.807) is 0 Å². The fraction of sp³-hybridized carbons (Fsp3) is 1.00. The van der Waals surface area contributed by atoms with Crippen LogP contribution in [0.15, 0.2) is 0 Å². The molecule has 0 aromatic carbocycles. The Morgan fingerprint density at radius 3 is 1.80 bits per heavy atom. The molecular formula is C12H23BrF2. The number of hydrogen-bond acceptors (Lipinski definition) is 0. The van der Waals surface area contributed by atoms with E-state index < -0.39 is 5.92 Å². The molecule has 0 spiro atoms. The van der Waals surface area contributed by atoms with E-state index in [1.165, 1.54) is 32.1 Å². The highest BCUT2D eigenvalue weighted by Crippen LogP contribution is 2.24. The van der Waals surface area contributed by atoms with E-state index in [4.69, 9.17) is 0 Å². The second-order valence-corrected chi connectivity index (χ2v) is 4.78. The van der Waals surface area contributed by atoms with Gasteiger partial charge >= 0.3 is 0 Å². The molecule has 0 fully saturated rings. The Bertz CT molecular complexity index is 138. The van der Waals surface area contributed by atoms with Crippen molar-refractivity contribution in [3.8, 4) is 0 Å². The minimum absolute atomic E-state index is 0.0349. The largest absolute Gasteiger partial charge is 0.257 e. The van der Waals surface area contributed by atoms with Gasteiger partial charge in [-0.1, -0.05) is 67.8 Å².